The molecule has 2 aromatic carbocycles. The molecule has 0 radical (unpaired) electrons. The zero-order chi connectivity index (χ0) is 11.3. The molecule has 0 saturated heterocycles. The Morgan fingerprint density at radius 3 is 2.56 bits per heavy atom. The summed E-state index contributed by atoms with van der Waals surface area (Å²) in [4.78, 5) is 22.7. The van der Waals surface area contributed by atoms with Gasteiger partial charge in [-0.1, -0.05) is 12.1 Å². The maximum Gasteiger partial charge on any atom is 0.347 e. The molecule has 0 aromatic heterocycles. The second kappa shape index (κ2) is 2.88. The number of cyclic esters (lactones) is 2. The van der Waals surface area contributed by atoms with Gasteiger partial charge >= 0.3 is 11.9 Å². The predicted molar refractivity (Wildman–Crippen MR) is 53.7 cm³/mol. The summed E-state index contributed by atoms with van der Waals surface area (Å²) in [5.74, 6) is -1.84. The lowest BCUT2D eigenvalue weighted by molar-refractivity contribution is 0.0444. The van der Waals surface area contributed by atoms with Gasteiger partial charge in [0.15, 0.2) is 0 Å². The summed E-state index contributed by atoms with van der Waals surface area (Å²) in [6, 6.07) is 7.27. The van der Waals surface area contributed by atoms with Gasteiger partial charge in [0.25, 0.3) is 0 Å². The molecule has 1 heterocycles. The Morgan fingerprint density at radius 1 is 1.00 bits per heavy atom. The molecule has 3 rings (SSSR count). The monoisotopic (exact) mass is 216 g/mol. The second-order valence-corrected chi connectivity index (χ2v) is 3.53. The molecule has 78 valence electrons. The first kappa shape index (κ1) is 9.03. The first-order valence-electron chi connectivity index (χ1n) is 4.65. The van der Waals surface area contributed by atoms with Crippen molar-refractivity contribution >= 4 is 22.7 Å². The summed E-state index contributed by atoms with van der Waals surface area (Å²) in [5, 5.41) is 1.11. The normalized spacial score (nSPS) is 14.1. The molecule has 3 nitrogen and oxygen atoms in total. The van der Waals surface area contributed by atoms with Gasteiger partial charge in [-0.2, -0.15) is 0 Å². The van der Waals surface area contributed by atoms with Crippen molar-refractivity contribution in [3.63, 3.8) is 0 Å². The second-order valence-electron chi connectivity index (χ2n) is 3.53. The molecule has 0 amide bonds. The van der Waals surface area contributed by atoms with Crippen LogP contribution in [0, 0.1) is 5.82 Å². The Labute approximate surface area is 89.4 Å². The number of fused-ring (bicyclic) bond motifs is 3. The fraction of sp³-hybridized carbons (Fsp3) is 0. The van der Waals surface area contributed by atoms with Crippen molar-refractivity contribution in [3.05, 3.63) is 47.3 Å². The summed E-state index contributed by atoms with van der Waals surface area (Å²) in [6.45, 7) is 0. The average Bonchev–Trinajstić information content (AvgIpc) is 2.54. The number of rotatable bonds is 0. The van der Waals surface area contributed by atoms with Crippen LogP contribution in [0.25, 0.3) is 10.8 Å². The number of carbonyl (C=O) groups excluding carboxylic acids is 2. The molecule has 0 atom stereocenters. The molecule has 4 heteroatoms. The average molecular weight is 216 g/mol. The van der Waals surface area contributed by atoms with Crippen LogP contribution in [-0.2, 0) is 4.74 Å². The van der Waals surface area contributed by atoms with E-state index in [-0.39, 0.29) is 11.1 Å². The van der Waals surface area contributed by atoms with Crippen molar-refractivity contribution in [2.24, 2.45) is 0 Å². The highest BCUT2D eigenvalue weighted by Crippen LogP contribution is 2.28. The molecule has 0 unspecified atom stereocenters. The van der Waals surface area contributed by atoms with Crippen molar-refractivity contribution in [1.82, 2.24) is 0 Å². The number of carbonyl (C=O) groups is 2. The zero-order valence-electron chi connectivity index (χ0n) is 7.99. The van der Waals surface area contributed by atoms with Crippen molar-refractivity contribution in [2.75, 3.05) is 0 Å². The summed E-state index contributed by atoms with van der Waals surface area (Å²) in [6.07, 6.45) is 0. The van der Waals surface area contributed by atoms with Gasteiger partial charge in [-0.05, 0) is 29.0 Å². The fourth-order valence-corrected chi connectivity index (χ4v) is 1.87. The highest BCUT2D eigenvalue weighted by molar-refractivity contribution is 6.21. The van der Waals surface area contributed by atoms with Crippen LogP contribution >= 0.6 is 0 Å². The van der Waals surface area contributed by atoms with Gasteiger partial charge < -0.3 is 4.74 Å². The largest absolute Gasteiger partial charge is 0.386 e. The molecule has 2 aromatic rings. The smallest absolute Gasteiger partial charge is 0.347 e. The van der Waals surface area contributed by atoms with E-state index in [0.29, 0.717) is 10.8 Å². The van der Waals surface area contributed by atoms with E-state index >= 15 is 0 Å². The number of benzene rings is 2. The van der Waals surface area contributed by atoms with Crippen LogP contribution in [0.5, 0.6) is 0 Å². The van der Waals surface area contributed by atoms with Crippen LogP contribution in [0.1, 0.15) is 20.7 Å². The Balaban J connectivity index is 2.48. The molecule has 16 heavy (non-hydrogen) atoms. The third-order valence-electron chi connectivity index (χ3n) is 2.59. The molecular formula is C12H5FO3. The minimum Gasteiger partial charge on any atom is -0.386 e. The van der Waals surface area contributed by atoms with E-state index in [1.54, 1.807) is 12.1 Å². The molecule has 0 bridgehead atoms. The molecule has 0 spiro atoms. The van der Waals surface area contributed by atoms with E-state index in [0.717, 1.165) is 0 Å². The molecule has 1 aliphatic rings. The van der Waals surface area contributed by atoms with Crippen molar-refractivity contribution in [1.29, 1.82) is 0 Å². The van der Waals surface area contributed by atoms with E-state index in [2.05, 4.69) is 4.74 Å². The molecule has 1 aliphatic heterocycles. The Morgan fingerprint density at radius 2 is 1.75 bits per heavy atom. The lowest BCUT2D eigenvalue weighted by atomic mass is 10.0. The van der Waals surface area contributed by atoms with Gasteiger partial charge in [-0.15, -0.1) is 0 Å². The Hall–Kier alpha value is -2.23. The fourth-order valence-electron chi connectivity index (χ4n) is 1.87. The van der Waals surface area contributed by atoms with Crippen LogP contribution in [-0.4, -0.2) is 11.9 Å². The summed E-state index contributed by atoms with van der Waals surface area (Å²) < 4.78 is 17.6. The van der Waals surface area contributed by atoms with Gasteiger partial charge in [-0.3, -0.25) is 0 Å². The van der Waals surface area contributed by atoms with E-state index < -0.39 is 17.8 Å². The van der Waals surface area contributed by atoms with Crippen molar-refractivity contribution < 1.29 is 18.7 Å². The number of esters is 2. The van der Waals surface area contributed by atoms with Gasteiger partial charge in [0.1, 0.15) is 5.82 Å². The maximum absolute atomic E-state index is 13.1. The molecule has 0 fully saturated rings. The van der Waals surface area contributed by atoms with Crippen LogP contribution in [0.2, 0.25) is 0 Å². The summed E-state index contributed by atoms with van der Waals surface area (Å²) >= 11 is 0. The topological polar surface area (TPSA) is 43.4 Å². The third-order valence-corrected chi connectivity index (χ3v) is 2.59. The summed E-state index contributed by atoms with van der Waals surface area (Å²) in [7, 11) is 0. The van der Waals surface area contributed by atoms with Crippen molar-refractivity contribution in [2.45, 2.75) is 0 Å². The lowest BCUT2D eigenvalue weighted by Crippen LogP contribution is -1.97. The SMILES string of the molecule is O=C1OC(=O)c2c1ccc1ccc(F)cc21. The first-order chi connectivity index (χ1) is 7.66. The number of ether oxygens (including phenoxy) is 1. The minimum atomic E-state index is -0.712. The van der Waals surface area contributed by atoms with E-state index in [1.807, 2.05) is 0 Å². The summed E-state index contributed by atoms with van der Waals surface area (Å²) in [5.41, 5.74) is 0.352. The van der Waals surface area contributed by atoms with Gasteiger partial charge in [0.05, 0.1) is 11.1 Å². The van der Waals surface area contributed by atoms with E-state index in [4.69, 9.17) is 0 Å². The van der Waals surface area contributed by atoms with E-state index in [1.165, 1.54) is 18.2 Å². The van der Waals surface area contributed by atoms with Crippen molar-refractivity contribution in [3.8, 4) is 0 Å². The van der Waals surface area contributed by atoms with Gasteiger partial charge in [-0.25, -0.2) is 14.0 Å². The standard InChI is InChI=1S/C12H5FO3/c13-7-3-1-6-2-4-8-10(9(6)5-7)12(15)16-11(8)14/h1-5H. The minimum absolute atomic E-state index is 0.155. The van der Waals surface area contributed by atoms with Gasteiger partial charge in [0.2, 0.25) is 0 Å². The number of halogens is 1. The predicted octanol–water partition coefficient (Wildman–Crippen LogP) is 2.29. The lowest BCUT2D eigenvalue weighted by Gasteiger charge is -2.00. The maximum atomic E-state index is 13.1. The molecule has 0 N–H and O–H groups in total. The van der Waals surface area contributed by atoms with Crippen LogP contribution in [0.3, 0.4) is 0 Å². The van der Waals surface area contributed by atoms with Crippen LogP contribution < -0.4 is 0 Å². The number of hydrogen-bond donors (Lipinski definition) is 0. The van der Waals surface area contributed by atoms with Crippen LogP contribution in [0.4, 0.5) is 4.39 Å². The molecule has 0 saturated carbocycles. The van der Waals surface area contributed by atoms with Crippen LogP contribution in [0.15, 0.2) is 30.3 Å². The molecular weight excluding hydrogens is 211 g/mol. The highest BCUT2D eigenvalue weighted by atomic mass is 19.1. The first-order valence-corrected chi connectivity index (χ1v) is 4.65. The molecule has 0 aliphatic carbocycles. The highest BCUT2D eigenvalue weighted by Gasteiger charge is 2.31. The van der Waals surface area contributed by atoms with E-state index in [9.17, 15) is 14.0 Å². The Bertz CT molecular complexity index is 646. The zero-order valence-corrected chi connectivity index (χ0v) is 7.99. The van der Waals surface area contributed by atoms with Gasteiger partial charge in [0, 0.05) is 0 Å². The number of hydrogen-bond acceptors (Lipinski definition) is 3. The quantitative estimate of drug-likeness (QED) is 0.501. The Kier molecular flexibility index (Phi) is 1.63. The third kappa shape index (κ3) is 1.07.